The van der Waals surface area contributed by atoms with Gasteiger partial charge in [0.2, 0.25) is 0 Å². The molecule has 0 atom stereocenters. The van der Waals surface area contributed by atoms with Gasteiger partial charge in [-0.05, 0) is 30.8 Å². The zero-order valence-corrected chi connectivity index (χ0v) is 18.2. The highest BCUT2D eigenvalue weighted by Gasteiger charge is 2.20. The molecule has 3 heterocycles. The van der Waals surface area contributed by atoms with Gasteiger partial charge in [-0.15, -0.1) is 0 Å². The summed E-state index contributed by atoms with van der Waals surface area (Å²) in [6.07, 6.45) is 3.81. The highest BCUT2D eigenvalue weighted by molar-refractivity contribution is 5.88. The summed E-state index contributed by atoms with van der Waals surface area (Å²) < 4.78 is 2.29. The summed E-state index contributed by atoms with van der Waals surface area (Å²) in [4.78, 5) is 16.5. The Hall–Kier alpha value is -3.38. The third-order valence-electron chi connectivity index (χ3n) is 6.13. The highest BCUT2D eigenvalue weighted by Crippen LogP contribution is 2.29. The van der Waals surface area contributed by atoms with Gasteiger partial charge < -0.3 is 19.3 Å². The van der Waals surface area contributed by atoms with E-state index in [1.54, 1.807) is 6.21 Å². The molecule has 6 heteroatoms. The number of rotatable bonds is 4. The van der Waals surface area contributed by atoms with E-state index in [0.717, 1.165) is 61.0 Å². The van der Waals surface area contributed by atoms with Crippen LogP contribution in [0.3, 0.4) is 0 Å². The number of hydrogen-bond donors (Lipinski definition) is 0. The van der Waals surface area contributed by atoms with Crippen LogP contribution >= 0.6 is 0 Å². The van der Waals surface area contributed by atoms with Crippen molar-refractivity contribution in [3.63, 3.8) is 0 Å². The lowest BCUT2D eigenvalue weighted by molar-refractivity contribution is 0.313. The SMILES string of the molecule is C=C1C=NC(c2nc3ccc(N4CCN(C)CC4)cc3n2Cc2ccccc2)=CN1C. The van der Waals surface area contributed by atoms with Gasteiger partial charge in [0.25, 0.3) is 0 Å². The Morgan fingerprint density at radius 1 is 0.968 bits per heavy atom. The first-order valence-corrected chi connectivity index (χ1v) is 10.7. The van der Waals surface area contributed by atoms with Crippen LogP contribution < -0.4 is 4.90 Å². The van der Waals surface area contributed by atoms with E-state index in [9.17, 15) is 0 Å². The lowest BCUT2D eigenvalue weighted by atomic mass is 10.2. The molecule has 0 spiro atoms. The Kier molecular flexibility index (Phi) is 5.08. The molecule has 2 aromatic carbocycles. The number of aliphatic imine (C=N–C) groups is 1. The average molecular weight is 413 g/mol. The number of imidazole rings is 1. The first kappa shape index (κ1) is 19.6. The minimum atomic E-state index is 0.746. The zero-order chi connectivity index (χ0) is 21.4. The molecule has 2 aliphatic heterocycles. The molecular formula is C25H28N6. The number of benzene rings is 2. The van der Waals surface area contributed by atoms with E-state index < -0.39 is 0 Å². The number of aromatic nitrogens is 2. The van der Waals surface area contributed by atoms with Crippen LogP contribution in [0.1, 0.15) is 11.4 Å². The standard InChI is InChI=1S/C25H28N6/c1-19-16-26-23(18-29(19)3)25-27-22-10-9-21(30-13-11-28(2)12-14-30)15-24(22)31(25)17-20-7-5-4-6-8-20/h4-10,15-16,18H,1,11-14,17H2,2-3H3. The first-order valence-electron chi connectivity index (χ1n) is 10.7. The normalized spacial score (nSPS) is 17.5. The van der Waals surface area contributed by atoms with Gasteiger partial charge in [0.1, 0.15) is 5.70 Å². The Bertz CT molecular complexity index is 1170. The number of anilines is 1. The molecule has 1 aromatic heterocycles. The second-order valence-corrected chi connectivity index (χ2v) is 8.35. The Morgan fingerprint density at radius 3 is 2.48 bits per heavy atom. The number of likely N-dealkylation sites (N-methyl/N-ethyl adjacent to an activating group) is 1. The quantitative estimate of drug-likeness (QED) is 0.656. The molecule has 0 bridgehead atoms. The molecule has 0 amide bonds. The minimum absolute atomic E-state index is 0.746. The van der Waals surface area contributed by atoms with E-state index in [0.29, 0.717) is 0 Å². The summed E-state index contributed by atoms with van der Waals surface area (Å²) in [5.74, 6) is 0.880. The Balaban J connectivity index is 1.60. The van der Waals surface area contributed by atoms with Crippen LogP contribution in [-0.4, -0.2) is 65.8 Å². The van der Waals surface area contributed by atoms with Crippen LogP contribution in [0.5, 0.6) is 0 Å². The molecule has 0 saturated carbocycles. The smallest absolute Gasteiger partial charge is 0.161 e. The molecule has 1 saturated heterocycles. The van der Waals surface area contributed by atoms with Gasteiger partial charge in [-0.2, -0.15) is 0 Å². The fourth-order valence-corrected chi connectivity index (χ4v) is 4.14. The number of hydrogen-bond acceptors (Lipinski definition) is 5. The first-order chi connectivity index (χ1) is 15.1. The van der Waals surface area contributed by atoms with Crippen molar-refractivity contribution in [2.75, 3.05) is 45.2 Å². The fourth-order valence-electron chi connectivity index (χ4n) is 4.14. The van der Waals surface area contributed by atoms with Gasteiger partial charge in [0.15, 0.2) is 5.82 Å². The van der Waals surface area contributed by atoms with Crippen molar-refractivity contribution >= 4 is 28.6 Å². The van der Waals surface area contributed by atoms with Gasteiger partial charge in [-0.3, -0.25) is 0 Å². The lowest BCUT2D eigenvalue weighted by Gasteiger charge is -2.34. The van der Waals surface area contributed by atoms with Gasteiger partial charge in [-0.25, -0.2) is 9.98 Å². The van der Waals surface area contributed by atoms with Crippen LogP contribution in [0.25, 0.3) is 16.7 Å². The monoisotopic (exact) mass is 412 g/mol. The van der Waals surface area contributed by atoms with E-state index in [1.807, 2.05) is 18.1 Å². The summed E-state index contributed by atoms with van der Waals surface area (Å²) in [5.41, 5.74) is 6.35. The van der Waals surface area contributed by atoms with Crippen molar-refractivity contribution in [3.05, 3.63) is 78.4 Å². The summed E-state index contributed by atoms with van der Waals surface area (Å²) in [6, 6.07) is 17.2. The summed E-state index contributed by atoms with van der Waals surface area (Å²) in [7, 11) is 4.18. The van der Waals surface area contributed by atoms with E-state index in [1.165, 1.54) is 11.3 Å². The largest absolute Gasteiger partial charge is 0.369 e. The molecule has 0 N–H and O–H groups in total. The Morgan fingerprint density at radius 2 is 1.74 bits per heavy atom. The van der Waals surface area contributed by atoms with E-state index in [-0.39, 0.29) is 0 Å². The lowest BCUT2D eigenvalue weighted by Crippen LogP contribution is -2.44. The molecule has 5 rings (SSSR count). The van der Waals surface area contributed by atoms with Crippen molar-refractivity contribution in [1.82, 2.24) is 19.4 Å². The predicted molar refractivity (Wildman–Crippen MR) is 128 cm³/mol. The highest BCUT2D eigenvalue weighted by atomic mass is 15.2. The van der Waals surface area contributed by atoms with Gasteiger partial charge in [0.05, 0.1) is 22.9 Å². The minimum Gasteiger partial charge on any atom is -0.369 e. The van der Waals surface area contributed by atoms with Crippen LogP contribution in [-0.2, 0) is 6.54 Å². The fraction of sp³-hybridized carbons (Fsp3) is 0.280. The van der Waals surface area contributed by atoms with Gasteiger partial charge in [0, 0.05) is 51.7 Å². The molecule has 6 nitrogen and oxygen atoms in total. The molecule has 1 fully saturated rings. The predicted octanol–water partition coefficient (Wildman–Crippen LogP) is 3.66. The maximum absolute atomic E-state index is 4.99. The third kappa shape index (κ3) is 3.86. The van der Waals surface area contributed by atoms with Crippen LogP contribution in [0, 0.1) is 0 Å². The topological polar surface area (TPSA) is 39.9 Å². The van der Waals surface area contributed by atoms with Crippen molar-refractivity contribution < 1.29 is 0 Å². The van der Waals surface area contributed by atoms with Crippen molar-refractivity contribution in [2.45, 2.75) is 6.54 Å². The molecule has 2 aliphatic rings. The molecule has 31 heavy (non-hydrogen) atoms. The summed E-state index contributed by atoms with van der Waals surface area (Å²) >= 11 is 0. The van der Waals surface area contributed by atoms with Crippen LogP contribution in [0.2, 0.25) is 0 Å². The van der Waals surface area contributed by atoms with E-state index >= 15 is 0 Å². The molecule has 0 unspecified atom stereocenters. The second kappa shape index (κ2) is 8.04. The zero-order valence-electron chi connectivity index (χ0n) is 18.2. The summed E-state index contributed by atoms with van der Waals surface area (Å²) in [5, 5.41) is 0. The third-order valence-corrected chi connectivity index (χ3v) is 6.13. The molecule has 0 aliphatic carbocycles. The molecule has 0 radical (unpaired) electrons. The van der Waals surface area contributed by atoms with Gasteiger partial charge in [-0.1, -0.05) is 36.9 Å². The number of fused-ring (bicyclic) bond motifs is 1. The number of allylic oxidation sites excluding steroid dienone is 1. The van der Waals surface area contributed by atoms with E-state index in [2.05, 4.69) is 81.5 Å². The van der Waals surface area contributed by atoms with Crippen molar-refractivity contribution in [1.29, 1.82) is 0 Å². The maximum atomic E-state index is 4.99. The maximum Gasteiger partial charge on any atom is 0.161 e. The molecule has 158 valence electrons. The van der Waals surface area contributed by atoms with Crippen molar-refractivity contribution in [3.8, 4) is 0 Å². The molecular weight excluding hydrogens is 384 g/mol. The Labute approximate surface area is 183 Å². The van der Waals surface area contributed by atoms with Crippen LogP contribution in [0.15, 0.2) is 72.0 Å². The number of piperazine rings is 1. The van der Waals surface area contributed by atoms with Crippen LogP contribution in [0.4, 0.5) is 5.69 Å². The second-order valence-electron chi connectivity index (χ2n) is 8.35. The summed E-state index contributed by atoms with van der Waals surface area (Å²) in [6.45, 7) is 9.03. The number of nitrogens with zero attached hydrogens (tertiary/aromatic N) is 6. The molecule has 3 aromatic rings. The average Bonchev–Trinajstić information content (AvgIpc) is 3.14. The van der Waals surface area contributed by atoms with Crippen molar-refractivity contribution in [2.24, 2.45) is 4.99 Å². The van der Waals surface area contributed by atoms with E-state index in [4.69, 9.17) is 4.98 Å². The van der Waals surface area contributed by atoms with Gasteiger partial charge >= 0.3 is 0 Å².